The van der Waals surface area contributed by atoms with Crippen molar-refractivity contribution in [2.45, 2.75) is 51.2 Å². The Balaban J connectivity index is 1.56. The molecule has 2 saturated heterocycles. The van der Waals surface area contributed by atoms with Crippen LogP contribution in [0.1, 0.15) is 35.1 Å². The number of carbonyl (C=O) groups is 3. The topological polar surface area (TPSA) is 99.0 Å². The molecule has 0 aromatic heterocycles. The first-order valence-electron chi connectivity index (χ1n) is 12.2. The lowest BCUT2D eigenvalue weighted by Gasteiger charge is -2.52. The Hall–Kier alpha value is -3.31. The summed E-state index contributed by atoms with van der Waals surface area (Å²) in [6.45, 7) is 1.95. The van der Waals surface area contributed by atoms with Gasteiger partial charge < -0.3 is 25.8 Å². The van der Waals surface area contributed by atoms with Crippen LogP contribution in [0.3, 0.4) is 0 Å². The minimum absolute atomic E-state index is 0.0193. The predicted molar refractivity (Wildman–Crippen MR) is 135 cm³/mol. The lowest BCUT2D eigenvalue weighted by atomic mass is 10.0. The van der Waals surface area contributed by atoms with Crippen LogP contribution < -0.4 is 11.1 Å². The number of fused-ring (bicyclic) bond motifs is 1. The number of piperazine rings is 1. The van der Waals surface area contributed by atoms with Crippen molar-refractivity contribution >= 4 is 29.4 Å². The maximum atomic E-state index is 13.4. The second-order valence-electron chi connectivity index (χ2n) is 9.49. The number of hydrogen-bond donors (Lipinski definition) is 2. The normalized spacial score (nSPS) is 20.0. The molecule has 0 spiro atoms. The standard InChI is InChI=1S/C26H29ClF3N5O3/c1-16-10-17(12-19(11-16)26(28,29)30)13-32-25(38)34-9-7-23(36)35-21(6-8-31)24(37)33(15-22(34)35)14-18-4-2-3-5-20(18)27/h2-5,10-12,21-22H,6-9,13-15,31H2,1H3,(H,32,38)/t21-,22+/m0/s1. The van der Waals surface area contributed by atoms with E-state index in [0.717, 1.165) is 17.7 Å². The van der Waals surface area contributed by atoms with Gasteiger partial charge in [0.05, 0.1) is 12.1 Å². The molecule has 38 heavy (non-hydrogen) atoms. The first kappa shape index (κ1) is 27.7. The number of urea groups is 1. The van der Waals surface area contributed by atoms with Gasteiger partial charge in [-0.25, -0.2) is 4.79 Å². The zero-order valence-electron chi connectivity index (χ0n) is 20.8. The number of amides is 4. The van der Waals surface area contributed by atoms with Gasteiger partial charge in [0, 0.05) is 31.1 Å². The Kier molecular flexibility index (Phi) is 8.17. The van der Waals surface area contributed by atoms with Gasteiger partial charge in [0.25, 0.3) is 0 Å². The fourth-order valence-electron chi connectivity index (χ4n) is 5.03. The molecule has 2 aromatic rings. The molecule has 12 heteroatoms. The van der Waals surface area contributed by atoms with Crippen molar-refractivity contribution in [3.05, 3.63) is 69.7 Å². The van der Waals surface area contributed by atoms with Crippen LogP contribution in [0, 0.1) is 6.92 Å². The summed E-state index contributed by atoms with van der Waals surface area (Å²) in [5, 5.41) is 3.18. The lowest BCUT2D eigenvalue weighted by molar-refractivity contribution is -0.167. The monoisotopic (exact) mass is 551 g/mol. The Bertz CT molecular complexity index is 1220. The van der Waals surface area contributed by atoms with E-state index in [4.69, 9.17) is 17.3 Å². The van der Waals surface area contributed by atoms with Gasteiger partial charge in [-0.1, -0.05) is 41.4 Å². The van der Waals surface area contributed by atoms with Gasteiger partial charge in [0.2, 0.25) is 11.8 Å². The third kappa shape index (κ3) is 5.88. The molecule has 0 radical (unpaired) electrons. The van der Waals surface area contributed by atoms with Crippen LogP contribution >= 0.6 is 11.6 Å². The van der Waals surface area contributed by atoms with E-state index in [9.17, 15) is 27.6 Å². The number of benzene rings is 2. The van der Waals surface area contributed by atoms with Crippen molar-refractivity contribution in [1.82, 2.24) is 20.0 Å². The highest BCUT2D eigenvalue weighted by molar-refractivity contribution is 6.31. The van der Waals surface area contributed by atoms with E-state index in [1.165, 1.54) is 9.80 Å². The SMILES string of the molecule is Cc1cc(CNC(=O)N2CCC(=O)N3[C@@H]2CN(Cc2ccccc2Cl)C(=O)[C@@H]3CCN)cc(C(F)(F)F)c1. The Morgan fingerprint density at radius 3 is 2.61 bits per heavy atom. The Morgan fingerprint density at radius 2 is 1.92 bits per heavy atom. The van der Waals surface area contributed by atoms with E-state index in [2.05, 4.69) is 5.32 Å². The third-order valence-electron chi connectivity index (χ3n) is 6.78. The first-order chi connectivity index (χ1) is 18.0. The summed E-state index contributed by atoms with van der Waals surface area (Å²) < 4.78 is 39.7. The molecular weight excluding hydrogens is 523 g/mol. The fourth-order valence-corrected chi connectivity index (χ4v) is 5.23. The number of carbonyl (C=O) groups excluding carboxylic acids is 3. The molecule has 4 amide bonds. The third-order valence-corrected chi connectivity index (χ3v) is 7.15. The van der Waals surface area contributed by atoms with Crippen molar-refractivity contribution in [3.8, 4) is 0 Å². The van der Waals surface area contributed by atoms with Crippen LogP contribution in [-0.2, 0) is 28.9 Å². The number of rotatable bonds is 6. The minimum atomic E-state index is -4.50. The number of nitrogens with zero attached hydrogens (tertiary/aromatic N) is 3. The molecule has 8 nitrogen and oxygen atoms in total. The molecule has 4 rings (SSSR count). The van der Waals surface area contributed by atoms with Crippen molar-refractivity contribution in [2.24, 2.45) is 5.73 Å². The van der Waals surface area contributed by atoms with Crippen LogP contribution in [0.2, 0.25) is 5.02 Å². The van der Waals surface area contributed by atoms with Gasteiger partial charge >= 0.3 is 12.2 Å². The molecule has 2 heterocycles. The number of aryl methyl sites for hydroxylation is 1. The highest BCUT2D eigenvalue weighted by Crippen LogP contribution is 2.31. The van der Waals surface area contributed by atoms with Crippen LogP contribution in [0.15, 0.2) is 42.5 Å². The molecule has 2 aromatic carbocycles. The number of nitrogens with two attached hydrogens (primary N) is 1. The average molecular weight is 552 g/mol. The van der Waals surface area contributed by atoms with Gasteiger partial charge in [-0.15, -0.1) is 0 Å². The number of alkyl halides is 3. The summed E-state index contributed by atoms with van der Waals surface area (Å²) in [5.41, 5.74) is 6.43. The van der Waals surface area contributed by atoms with Gasteiger partial charge in [0.15, 0.2) is 0 Å². The smallest absolute Gasteiger partial charge is 0.334 e. The second kappa shape index (κ2) is 11.2. The minimum Gasteiger partial charge on any atom is -0.334 e. The molecule has 2 aliphatic heterocycles. The van der Waals surface area contributed by atoms with Gasteiger partial charge in [-0.3, -0.25) is 9.59 Å². The molecule has 3 N–H and O–H groups in total. The van der Waals surface area contributed by atoms with Gasteiger partial charge in [0.1, 0.15) is 12.2 Å². The summed E-state index contributed by atoms with van der Waals surface area (Å²) in [7, 11) is 0. The maximum absolute atomic E-state index is 13.4. The van der Waals surface area contributed by atoms with E-state index in [1.54, 1.807) is 42.2 Å². The summed E-state index contributed by atoms with van der Waals surface area (Å²) in [6.07, 6.45) is -5.02. The average Bonchev–Trinajstić information content (AvgIpc) is 2.85. The summed E-state index contributed by atoms with van der Waals surface area (Å²) in [5.74, 6) is -0.529. The molecule has 0 saturated carbocycles. The van der Waals surface area contributed by atoms with Crippen LogP contribution in [0.4, 0.5) is 18.0 Å². The molecule has 0 aliphatic carbocycles. The maximum Gasteiger partial charge on any atom is 0.416 e. The van der Waals surface area contributed by atoms with Crippen molar-refractivity contribution in [3.63, 3.8) is 0 Å². The molecule has 0 bridgehead atoms. The fraction of sp³-hybridized carbons (Fsp3) is 0.423. The number of hydrogen-bond acceptors (Lipinski definition) is 4. The zero-order chi connectivity index (χ0) is 27.6. The predicted octanol–water partition coefficient (Wildman–Crippen LogP) is 3.50. The largest absolute Gasteiger partial charge is 0.416 e. The molecule has 2 aliphatic rings. The van der Waals surface area contributed by atoms with E-state index in [0.29, 0.717) is 16.1 Å². The summed E-state index contributed by atoms with van der Waals surface area (Å²) >= 11 is 6.31. The zero-order valence-corrected chi connectivity index (χ0v) is 21.6. The number of halogens is 4. The molecular formula is C26H29ClF3N5O3. The van der Waals surface area contributed by atoms with E-state index in [1.807, 2.05) is 0 Å². The summed E-state index contributed by atoms with van der Waals surface area (Å²) in [4.78, 5) is 44.0. The van der Waals surface area contributed by atoms with Crippen molar-refractivity contribution < 1.29 is 27.6 Å². The van der Waals surface area contributed by atoms with Crippen LogP contribution in [-0.4, -0.2) is 64.4 Å². The van der Waals surface area contributed by atoms with Crippen molar-refractivity contribution in [2.75, 3.05) is 19.6 Å². The van der Waals surface area contributed by atoms with E-state index < -0.39 is 30.0 Å². The molecule has 2 fully saturated rings. The molecule has 0 unspecified atom stereocenters. The van der Waals surface area contributed by atoms with E-state index in [-0.39, 0.29) is 57.4 Å². The highest BCUT2D eigenvalue weighted by atomic mass is 35.5. The van der Waals surface area contributed by atoms with Crippen LogP contribution in [0.25, 0.3) is 0 Å². The molecule has 204 valence electrons. The molecule has 2 atom stereocenters. The van der Waals surface area contributed by atoms with Gasteiger partial charge in [-0.2, -0.15) is 13.2 Å². The Morgan fingerprint density at radius 1 is 1.18 bits per heavy atom. The first-order valence-corrected chi connectivity index (χ1v) is 12.6. The number of nitrogens with one attached hydrogen (secondary N) is 1. The second-order valence-corrected chi connectivity index (χ2v) is 9.90. The quantitative estimate of drug-likeness (QED) is 0.574. The summed E-state index contributed by atoms with van der Waals surface area (Å²) in [6, 6.07) is 9.34. The van der Waals surface area contributed by atoms with E-state index >= 15 is 0 Å². The Labute approximate surface area is 223 Å². The van der Waals surface area contributed by atoms with Crippen LogP contribution in [0.5, 0.6) is 0 Å². The highest BCUT2D eigenvalue weighted by Gasteiger charge is 2.48. The van der Waals surface area contributed by atoms with Crippen molar-refractivity contribution in [1.29, 1.82) is 0 Å². The lowest BCUT2D eigenvalue weighted by Crippen LogP contribution is -2.72. The van der Waals surface area contributed by atoms with Gasteiger partial charge in [-0.05, 0) is 49.2 Å².